The zero-order valence-corrected chi connectivity index (χ0v) is 13.4. The number of carbonyl (C=O) groups is 2. The van der Waals surface area contributed by atoms with Gasteiger partial charge in [-0.3, -0.25) is 9.59 Å². The van der Waals surface area contributed by atoms with Crippen molar-refractivity contribution >= 4 is 35.3 Å². The topological polar surface area (TPSA) is 40.6 Å². The maximum atomic E-state index is 12.6. The molecule has 0 aromatic heterocycles. The first-order valence-electron chi connectivity index (χ1n) is 7.52. The third kappa shape index (κ3) is 2.96. The zero-order chi connectivity index (χ0) is 13.9. The van der Waals surface area contributed by atoms with E-state index < -0.39 is 0 Å². The molecule has 1 saturated carbocycles. The molecule has 0 spiro atoms. The van der Waals surface area contributed by atoms with Crippen molar-refractivity contribution in [2.24, 2.45) is 5.92 Å². The van der Waals surface area contributed by atoms with Crippen LogP contribution in [0.2, 0.25) is 0 Å². The average Bonchev–Trinajstić information content (AvgIpc) is 3.18. The Kier molecular flexibility index (Phi) is 4.81. The van der Waals surface area contributed by atoms with Crippen LogP contribution in [0.1, 0.15) is 25.7 Å². The fourth-order valence-electron chi connectivity index (χ4n) is 3.27. The summed E-state index contributed by atoms with van der Waals surface area (Å²) in [5.41, 5.74) is 0. The SMILES string of the molecule is O=C([C@@H]1CSCN1C(=O)C1CCCC1)N1CCSCC1. The molecule has 0 N–H and O–H groups in total. The number of hydrogen-bond donors (Lipinski definition) is 0. The summed E-state index contributed by atoms with van der Waals surface area (Å²) in [4.78, 5) is 29.0. The average molecular weight is 314 g/mol. The second-order valence-electron chi connectivity index (χ2n) is 5.74. The van der Waals surface area contributed by atoms with Crippen molar-refractivity contribution in [3.8, 4) is 0 Å². The molecule has 3 aliphatic rings. The molecule has 1 atom stereocenters. The second-order valence-corrected chi connectivity index (χ2v) is 7.97. The van der Waals surface area contributed by atoms with E-state index in [2.05, 4.69) is 0 Å². The summed E-state index contributed by atoms with van der Waals surface area (Å²) in [6, 6.07) is -0.198. The molecule has 112 valence electrons. The van der Waals surface area contributed by atoms with Gasteiger partial charge in [0, 0.05) is 36.3 Å². The van der Waals surface area contributed by atoms with Crippen molar-refractivity contribution in [2.75, 3.05) is 36.2 Å². The van der Waals surface area contributed by atoms with Gasteiger partial charge in [-0.15, -0.1) is 11.8 Å². The Bertz CT molecular complexity index is 379. The first kappa shape index (κ1) is 14.6. The fraction of sp³-hybridized carbons (Fsp3) is 0.857. The highest BCUT2D eigenvalue weighted by Crippen LogP contribution is 2.31. The van der Waals surface area contributed by atoms with E-state index in [1.54, 1.807) is 11.8 Å². The van der Waals surface area contributed by atoms with Crippen molar-refractivity contribution in [3.63, 3.8) is 0 Å². The van der Waals surface area contributed by atoms with Gasteiger partial charge < -0.3 is 9.80 Å². The van der Waals surface area contributed by atoms with Crippen LogP contribution in [0.25, 0.3) is 0 Å². The lowest BCUT2D eigenvalue weighted by Gasteiger charge is -2.32. The van der Waals surface area contributed by atoms with Crippen LogP contribution < -0.4 is 0 Å². The van der Waals surface area contributed by atoms with Gasteiger partial charge in [0.1, 0.15) is 6.04 Å². The molecule has 2 saturated heterocycles. The predicted molar refractivity (Wildman–Crippen MR) is 83.8 cm³/mol. The van der Waals surface area contributed by atoms with E-state index in [1.165, 1.54) is 12.8 Å². The van der Waals surface area contributed by atoms with Gasteiger partial charge in [0.15, 0.2) is 0 Å². The van der Waals surface area contributed by atoms with Crippen molar-refractivity contribution < 1.29 is 9.59 Å². The Morgan fingerprint density at radius 2 is 1.65 bits per heavy atom. The molecule has 0 aromatic carbocycles. The molecule has 3 rings (SSSR count). The van der Waals surface area contributed by atoms with Crippen LogP contribution in [-0.2, 0) is 9.59 Å². The first-order chi connectivity index (χ1) is 9.77. The van der Waals surface area contributed by atoms with Crippen LogP contribution in [0.5, 0.6) is 0 Å². The Morgan fingerprint density at radius 3 is 2.35 bits per heavy atom. The summed E-state index contributed by atoms with van der Waals surface area (Å²) in [7, 11) is 0. The molecule has 2 aliphatic heterocycles. The Balaban J connectivity index is 1.65. The molecule has 2 heterocycles. The van der Waals surface area contributed by atoms with Gasteiger partial charge in [0.2, 0.25) is 11.8 Å². The molecule has 2 amide bonds. The van der Waals surface area contributed by atoms with Gasteiger partial charge >= 0.3 is 0 Å². The van der Waals surface area contributed by atoms with Gasteiger partial charge in [-0.2, -0.15) is 11.8 Å². The normalized spacial score (nSPS) is 28.1. The lowest BCUT2D eigenvalue weighted by molar-refractivity contribution is -0.145. The largest absolute Gasteiger partial charge is 0.339 e. The highest BCUT2D eigenvalue weighted by molar-refractivity contribution is 7.99. The standard InChI is InChI=1S/C14H22N2O2S2/c17-13(11-3-1-2-4-11)16-10-20-9-12(16)14(18)15-5-7-19-8-6-15/h11-12H,1-10H2/t12-/m0/s1. The number of carbonyl (C=O) groups excluding carboxylic acids is 2. The third-order valence-electron chi connectivity index (χ3n) is 4.48. The molecule has 1 aliphatic carbocycles. The minimum absolute atomic E-state index is 0.181. The van der Waals surface area contributed by atoms with E-state index in [0.717, 1.165) is 43.2 Å². The van der Waals surface area contributed by atoms with Crippen LogP contribution >= 0.6 is 23.5 Å². The highest BCUT2D eigenvalue weighted by atomic mass is 32.2. The summed E-state index contributed by atoms with van der Waals surface area (Å²) in [5.74, 6) is 4.14. The predicted octanol–water partition coefficient (Wildman–Crippen LogP) is 1.65. The minimum atomic E-state index is -0.198. The fourth-order valence-corrected chi connectivity index (χ4v) is 5.32. The number of nitrogens with zero attached hydrogens (tertiary/aromatic N) is 2. The first-order valence-corrected chi connectivity index (χ1v) is 9.83. The third-order valence-corrected chi connectivity index (χ3v) is 6.43. The summed E-state index contributed by atoms with van der Waals surface area (Å²) >= 11 is 3.63. The van der Waals surface area contributed by atoms with E-state index >= 15 is 0 Å². The van der Waals surface area contributed by atoms with Crippen LogP contribution in [-0.4, -0.2) is 63.9 Å². The molecule has 3 fully saturated rings. The Labute approximate surface area is 129 Å². The number of thioether (sulfide) groups is 2. The lowest BCUT2D eigenvalue weighted by atomic mass is 10.1. The highest BCUT2D eigenvalue weighted by Gasteiger charge is 2.40. The molecule has 20 heavy (non-hydrogen) atoms. The van der Waals surface area contributed by atoms with Crippen LogP contribution in [0, 0.1) is 5.92 Å². The van der Waals surface area contributed by atoms with E-state index in [9.17, 15) is 9.59 Å². The van der Waals surface area contributed by atoms with Crippen molar-refractivity contribution in [1.82, 2.24) is 9.80 Å². The number of amides is 2. The molecule has 0 radical (unpaired) electrons. The summed E-state index contributed by atoms with van der Waals surface area (Å²) < 4.78 is 0. The number of rotatable bonds is 2. The summed E-state index contributed by atoms with van der Waals surface area (Å²) in [6.07, 6.45) is 4.36. The minimum Gasteiger partial charge on any atom is -0.339 e. The van der Waals surface area contributed by atoms with Gasteiger partial charge in [-0.25, -0.2) is 0 Å². The van der Waals surface area contributed by atoms with Crippen molar-refractivity contribution in [3.05, 3.63) is 0 Å². The van der Waals surface area contributed by atoms with Crippen molar-refractivity contribution in [2.45, 2.75) is 31.7 Å². The number of hydrogen-bond acceptors (Lipinski definition) is 4. The maximum Gasteiger partial charge on any atom is 0.246 e. The summed E-state index contributed by atoms with van der Waals surface area (Å²) in [5, 5.41) is 0. The Morgan fingerprint density at radius 1 is 0.950 bits per heavy atom. The monoisotopic (exact) mass is 314 g/mol. The molecule has 4 nitrogen and oxygen atoms in total. The lowest BCUT2D eigenvalue weighted by Crippen LogP contribution is -2.52. The van der Waals surface area contributed by atoms with Crippen LogP contribution in [0.15, 0.2) is 0 Å². The zero-order valence-electron chi connectivity index (χ0n) is 11.8. The van der Waals surface area contributed by atoms with E-state index in [0.29, 0.717) is 5.88 Å². The molecule has 0 bridgehead atoms. The molecule has 6 heteroatoms. The second kappa shape index (κ2) is 6.60. The Hall–Kier alpha value is -0.360. The smallest absolute Gasteiger partial charge is 0.246 e. The van der Waals surface area contributed by atoms with Crippen LogP contribution in [0.3, 0.4) is 0 Å². The van der Waals surface area contributed by atoms with E-state index in [4.69, 9.17) is 0 Å². The van der Waals surface area contributed by atoms with Gasteiger partial charge in [-0.1, -0.05) is 12.8 Å². The molecular formula is C14H22N2O2S2. The molecular weight excluding hydrogens is 292 g/mol. The maximum absolute atomic E-state index is 12.6. The summed E-state index contributed by atoms with van der Waals surface area (Å²) in [6.45, 7) is 1.69. The van der Waals surface area contributed by atoms with E-state index in [1.807, 2.05) is 21.6 Å². The van der Waals surface area contributed by atoms with Gasteiger partial charge in [-0.05, 0) is 12.8 Å². The molecule has 0 aromatic rings. The van der Waals surface area contributed by atoms with Crippen LogP contribution in [0.4, 0.5) is 0 Å². The van der Waals surface area contributed by atoms with Gasteiger partial charge in [0.25, 0.3) is 0 Å². The van der Waals surface area contributed by atoms with E-state index in [-0.39, 0.29) is 23.8 Å². The quantitative estimate of drug-likeness (QED) is 0.777. The van der Waals surface area contributed by atoms with Gasteiger partial charge in [0.05, 0.1) is 5.88 Å². The molecule has 0 unspecified atom stereocenters. The van der Waals surface area contributed by atoms with Crippen molar-refractivity contribution in [1.29, 1.82) is 0 Å².